The molecule has 0 spiro atoms. The molecule has 2 aromatic heterocycles. The fourth-order valence-corrected chi connectivity index (χ4v) is 8.10. The molecule has 10 heteroatoms. The Morgan fingerprint density at radius 3 is 2.67 bits per heavy atom. The van der Waals surface area contributed by atoms with Crippen molar-refractivity contribution in [1.82, 2.24) is 9.88 Å². The number of aromatic nitrogens is 1. The molecule has 0 saturated heterocycles. The normalized spacial score (nSPS) is 14.1. The van der Waals surface area contributed by atoms with Crippen molar-refractivity contribution in [2.24, 2.45) is 0 Å². The molecule has 1 aliphatic heterocycles. The first kappa shape index (κ1) is 24.9. The third kappa shape index (κ3) is 5.17. The standard InChI is InChI=1S/C26H27N3O4S3/c1-29-14-13-19-22(16-29)35-26(24(19)25-27-20-6-3-4-7-21(20)34-25)28-23(30)8-5-15-36(31,32)18-11-9-17(33-2)10-12-18/h3-4,6-7,9-12H,5,8,13-16H2,1-2H3,(H,28,30). The highest BCUT2D eigenvalue weighted by atomic mass is 32.2. The van der Waals surface area contributed by atoms with Crippen molar-refractivity contribution in [2.75, 3.05) is 31.8 Å². The second kappa shape index (κ2) is 10.3. The molecule has 2 aromatic carbocycles. The Hall–Kier alpha value is -2.79. The van der Waals surface area contributed by atoms with Gasteiger partial charge in [-0.2, -0.15) is 0 Å². The van der Waals surface area contributed by atoms with E-state index in [0.717, 1.165) is 45.3 Å². The zero-order valence-electron chi connectivity index (χ0n) is 20.1. The van der Waals surface area contributed by atoms with Crippen LogP contribution in [0.4, 0.5) is 5.00 Å². The van der Waals surface area contributed by atoms with E-state index in [0.29, 0.717) is 5.75 Å². The molecule has 1 aliphatic rings. The number of likely N-dealkylation sites (N-methyl/N-ethyl adjacent to an activating group) is 1. The van der Waals surface area contributed by atoms with E-state index < -0.39 is 9.84 Å². The molecule has 0 bridgehead atoms. The SMILES string of the molecule is COc1ccc(S(=O)(=O)CCCC(=O)Nc2sc3c(c2-c2nc4ccccc4s2)CCN(C)C3)cc1. The summed E-state index contributed by atoms with van der Waals surface area (Å²) in [6.07, 6.45) is 1.27. The summed E-state index contributed by atoms with van der Waals surface area (Å²) in [6.45, 7) is 1.80. The highest BCUT2D eigenvalue weighted by Crippen LogP contribution is 2.45. The maximum absolute atomic E-state index is 12.9. The number of sulfone groups is 1. The van der Waals surface area contributed by atoms with Gasteiger partial charge in [0, 0.05) is 30.0 Å². The van der Waals surface area contributed by atoms with Gasteiger partial charge in [0.2, 0.25) is 5.91 Å². The van der Waals surface area contributed by atoms with E-state index in [4.69, 9.17) is 9.72 Å². The Labute approximate surface area is 218 Å². The minimum atomic E-state index is -3.47. The van der Waals surface area contributed by atoms with Gasteiger partial charge in [-0.15, -0.1) is 22.7 Å². The first-order valence-corrected chi connectivity index (χ1v) is 15.0. The van der Waals surface area contributed by atoms with Crippen molar-refractivity contribution in [2.45, 2.75) is 30.7 Å². The van der Waals surface area contributed by atoms with E-state index in [2.05, 4.69) is 23.3 Å². The molecule has 1 N–H and O–H groups in total. The molecule has 5 rings (SSSR count). The molecule has 36 heavy (non-hydrogen) atoms. The molecule has 0 saturated carbocycles. The largest absolute Gasteiger partial charge is 0.497 e. The van der Waals surface area contributed by atoms with Crippen LogP contribution >= 0.6 is 22.7 Å². The van der Waals surface area contributed by atoms with Crippen LogP contribution in [0.5, 0.6) is 5.75 Å². The molecule has 0 unspecified atom stereocenters. The third-order valence-corrected chi connectivity index (χ3v) is 10.2. The molecule has 7 nitrogen and oxygen atoms in total. The lowest BCUT2D eigenvalue weighted by molar-refractivity contribution is -0.116. The van der Waals surface area contributed by atoms with Crippen LogP contribution in [0, 0.1) is 0 Å². The van der Waals surface area contributed by atoms with Gasteiger partial charge in [0.05, 0.1) is 28.0 Å². The maximum atomic E-state index is 12.9. The second-order valence-electron chi connectivity index (χ2n) is 8.83. The van der Waals surface area contributed by atoms with Crippen LogP contribution in [0.25, 0.3) is 20.8 Å². The quantitative estimate of drug-likeness (QED) is 0.329. The number of benzene rings is 2. The number of carbonyl (C=O) groups excluding carboxylic acids is 1. The van der Waals surface area contributed by atoms with Gasteiger partial charge in [-0.05, 0) is 61.9 Å². The molecule has 3 heterocycles. The van der Waals surface area contributed by atoms with Crippen LogP contribution in [0.2, 0.25) is 0 Å². The van der Waals surface area contributed by atoms with Gasteiger partial charge in [-0.1, -0.05) is 12.1 Å². The van der Waals surface area contributed by atoms with Crippen molar-refractivity contribution in [3.63, 3.8) is 0 Å². The number of amides is 1. The zero-order valence-corrected chi connectivity index (χ0v) is 22.6. The highest BCUT2D eigenvalue weighted by Gasteiger charge is 2.27. The molecule has 0 atom stereocenters. The Kier molecular flexibility index (Phi) is 7.11. The summed E-state index contributed by atoms with van der Waals surface area (Å²) >= 11 is 3.23. The molecule has 0 radical (unpaired) electrons. The molecule has 1 amide bonds. The van der Waals surface area contributed by atoms with E-state index in [1.165, 1.54) is 29.7 Å². The number of para-hydroxylation sites is 1. The molecule has 0 aliphatic carbocycles. The van der Waals surface area contributed by atoms with Gasteiger partial charge >= 0.3 is 0 Å². The summed E-state index contributed by atoms with van der Waals surface area (Å²) in [6, 6.07) is 14.4. The summed E-state index contributed by atoms with van der Waals surface area (Å²) in [5.74, 6) is 0.319. The van der Waals surface area contributed by atoms with Crippen molar-refractivity contribution in [3.8, 4) is 16.3 Å². The molecular weight excluding hydrogens is 515 g/mol. The lowest BCUT2D eigenvalue weighted by Gasteiger charge is -2.22. The summed E-state index contributed by atoms with van der Waals surface area (Å²) in [4.78, 5) is 21.5. The fraction of sp³-hybridized carbons (Fsp3) is 0.308. The van der Waals surface area contributed by atoms with Crippen molar-refractivity contribution >= 4 is 53.6 Å². The third-order valence-electron chi connectivity index (χ3n) is 6.24. The minimum absolute atomic E-state index is 0.0940. The number of fused-ring (bicyclic) bond motifs is 2. The average molecular weight is 542 g/mol. The van der Waals surface area contributed by atoms with Gasteiger partial charge < -0.3 is 15.0 Å². The van der Waals surface area contributed by atoms with E-state index in [1.54, 1.807) is 34.8 Å². The van der Waals surface area contributed by atoms with Gasteiger partial charge in [0.15, 0.2) is 9.84 Å². The highest BCUT2D eigenvalue weighted by molar-refractivity contribution is 7.91. The van der Waals surface area contributed by atoms with Crippen LogP contribution in [0.15, 0.2) is 53.4 Å². The molecule has 0 fully saturated rings. The van der Waals surface area contributed by atoms with Crippen molar-refractivity contribution in [3.05, 3.63) is 59.0 Å². The summed E-state index contributed by atoms with van der Waals surface area (Å²) in [5.41, 5.74) is 3.23. The molecular formula is C26H27N3O4S3. The Morgan fingerprint density at radius 1 is 1.14 bits per heavy atom. The predicted molar refractivity (Wildman–Crippen MR) is 146 cm³/mol. The first-order valence-electron chi connectivity index (χ1n) is 11.7. The fourth-order valence-electron chi connectivity index (χ4n) is 4.34. The smallest absolute Gasteiger partial charge is 0.225 e. The van der Waals surface area contributed by atoms with Crippen LogP contribution in [0.1, 0.15) is 23.3 Å². The Morgan fingerprint density at radius 2 is 1.92 bits per heavy atom. The Balaban J connectivity index is 1.32. The maximum Gasteiger partial charge on any atom is 0.225 e. The van der Waals surface area contributed by atoms with Crippen molar-refractivity contribution < 1.29 is 17.9 Å². The number of ether oxygens (including phenoxy) is 1. The van der Waals surface area contributed by atoms with Crippen LogP contribution in [-0.2, 0) is 27.6 Å². The number of nitrogens with zero attached hydrogens (tertiary/aromatic N) is 2. The minimum Gasteiger partial charge on any atom is -0.497 e. The van der Waals surface area contributed by atoms with E-state index in [1.807, 2.05) is 18.2 Å². The second-order valence-corrected chi connectivity index (χ2v) is 13.1. The molecule has 4 aromatic rings. The average Bonchev–Trinajstić information content (AvgIpc) is 3.44. The number of carbonyl (C=O) groups is 1. The van der Waals surface area contributed by atoms with Gasteiger partial charge in [0.25, 0.3) is 0 Å². The number of anilines is 1. The van der Waals surface area contributed by atoms with Crippen LogP contribution in [-0.4, -0.2) is 50.7 Å². The van der Waals surface area contributed by atoms with Gasteiger partial charge in [-0.25, -0.2) is 13.4 Å². The lowest BCUT2D eigenvalue weighted by Crippen LogP contribution is -2.25. The number of thiazole rings is 1. The first-order chi connectivity index (χ1) is 17.3. The topological polar surface area (TPSA) is 88.6 Å². The number of methoxy groups -OCH3 is 1. The molecule has 188 valence electrons. The number of hydrogen-bond donors (Lipinski definition) is 1. The number of hydrogen-bond acceptors (Lipinski definition) is 8. The van der Waals surface area contributed by atoms with E-state index in [-0.39, 0.29) is 29.4 Å². The van der Waals surface area contributed by atoms with Gasteiger partial charge in [-0.3, -0.25) is 4.79 Å². The summed E-state index contributed by atoms with van der Waals surface area (Å²) in [7, 11) is 0.158. The summed E-state index contributed by atoms with van der Waals surface area (Å²) in [5, 5.41) is 4.80. The number of nitrogens with one attached hydrogen (secondary N) is 1. The Bertz CT molecular complexity index is 1470. The zero-order chi connectivity index (χ0) is 25.3. The van der Waals surface area contributed by atoms with Gasteiger partial charge in [0.1, 0.15) is 15.8 Å². The predicted octanol–water partition coefficient (Wildman–Crippen LogP) is 5.21. The lowest BCUT2D eigenvalue weighted by atomic mass is 10.0. The van der Waals surface area contributed by atoms with Crippen LogP contribution < -0.4 is 10.1 Å². The van der Waals surface area contributed by atoms with E-state index >= 15 is 0 Å². The van der Waals surface area contributed by atoms with Crippen LogP contribution in [0.3, 0.4) is 0 Å². The van der Waals surface area contributed by atoms with E-state index in [9.17, 15) is 13.2 Å². The van der Waals surface area contributed by atoms with Crippen molar-refractivity contribution in [1.29, 1.82) is 0 Å². The monoisotopic (exact) mass is 541 g/mol. The number of thiophene rings is 1. The number of rotatable bonds is 8. The summed E-state index contributed by atoms with van der Waals surface area (Å²) < 4.78 is 31.6.